The quantitative estimate of drug-likeness (QED) is 0.793. The van der Waals surface area contributed by atoms with Crippen molar-refractivity contribution in [1.29, 1.82) is 0 Å². The number of nitrogens with zero attached hydrogens (tertiary/aromatic N) is 1. The molecule has 0 N–H and O–H groups in total. The monoisotopic (exact) mass is 297 g/mol. The molecular weight excluding hydrogens is 270 g/mol. The minimum atomic E-state index is 0.796. The SMILES string of the molecule is CCCCc1ccc2c(c1)CN(CC1=CC=CCC1)CCO2. The second-order valence-electron chi connectivity index (χ2n) is 6.40. The van der Waals surface area contributed by atoms with Crippen molar-refractivity contribution in [2.45, 2.75) is 45.6 Å². The molecule has 2 aliphatic rings. The van der Waals surface area contributed by atoms with Crippen LogP contribution in [0.15, 0.2) is 42.0 Å². The zero-order valence-corrected chi connectivity index (χ0v) is 13.7. The van der Waals surface area contributed by atoms with Gasteiger partial charge >= 0.3 is 0 Å². The fourth-order valence-electron chi connectivity index (χ4n) is 3.24. The second kappa shape index (κ2) is 7.64. The molecule has 0 bridgehead atoms. The lowest BCUT2D eigenvalue weighted by atomic mass is 10.0. The van der Waals surface area contributed by atoms with Crippen LogP contribution in [-0.2, 0) is 13.0 Å². The van der Waals surface area contributed by atoms with E-state index in [1.165, 1.54) is 43.2 Å². The van der Waals surface area contributed by atoms with Crippen LogP contribution in [0, 0.1) is 0 Å². The number of rotatable bonds is 5. The molecule has 1 heterocycles. The predicted octanol–water partition coefficient (Wildman–Crippen LogP) is 4.50. The van der Waals surface area contributed by atoms with Crippen LogP contribution in [0.3, 0.4) is 0 Å². The molecule has 2 heteroatoms. The Bertz CT molecular complexity index is 559. The van der Waals surface area contributed by atoms with Crippen LogP contribution in [0.5, 0.6) is 5.75 Å². The summed E-state index contributed by atoms with van der Waals surface area (Å²) in [6.45, 7) is 6.15. The maximum absolute atomic E-state index is 5.95. The van der Waals surface area contributed by atoms with Gasteiger partial charge in [-0.05, 0) is 37.3 Å². The molecule has 1 aromatic carbocycles. The standard InChI is InChI=1S/C20H27NO/c1-2-3-7-17-10-11-20-19(14-17)16-21(12-13-22-20)15-18-8-5-4-6-9-18/h4-5,8,10-11,14H,2-3,6-7,9,12-13,15-16H2,1H3. The Balaban J connectivity index is 1.70. The molecule has 0 amide bonds. The van der Waals surface area contributed by atoms with Gasteiger partial charge in [0, 0.05) is 25.2 Å². The second-order valence-corrected chi connectivity index (χ2v) is 6.40. The molecule has 0 radical (unpaired) electrons. The third-order valence-corrected chi connectivity index (χ3v) is 4.53. The molecule has 1 aromatic rings. The Kier molecular flexibility index (Phi) is 5.33. The molecule has 0 aromatic heterocycles. The number of benzene rings is 1. The van der Waals surface area contributed by atoms with Crippen molar-refractivity contribution >= 4 is 0 Å². The number of allylic oxidation sites excluding steroid dienone is 3. The minimum Gasteiger partial charge on any atom is -0.492 e. The van der Waals surface area contributed by atoms with E-state index >= 15 is 0 Å². The van der Waals surface area contributed by atoms with E-state index in [4.69, 9.17) is 4.74 Å². The third-order valence-electron chi connectivity index (χ3n) is 4.53. The first-order valence-electron chi connectivity index (χ1n) is 8.66. The molecule has 0 atom stereocenters. The predicted molar refractivity (Wildman–Crippen MR) is 92.3 cm³/mol. The van der Waals surface area contributed by atoms with E-state index in [-0.39, 0.29) is 0 Å². The molecular formula is C20H27NO. The van der Waals surface area contributed by atoms with Crippen molar-refractivity contribution in [3.63, 3.8) is 0 Å². The van der Waals surface area contributed by atoms with Crippen LogP contribution in [0.2, 0.25) is 0 Å². The summed E-state index contributed by atoms with van der Waals surface area (Å²) in [6.07, 6.45) is 12.8. The van der Waals surface area contributed by atoms with Crippen LogP contribution >= 0.6 is 0 Å². The Labute approximate surface area is 134 Å². The van der Waals surface area contributed by atoms with Crippen LogP contribution in [0.1, 0.15) is 43.7 Å². The van der Waals surface area contributed by atoms with Crippen LogP contribution in [0.25, 0.3) is 0 Å². The summed E-state index contributed by atoms with van der Waals surface area (Å²) < 4.78 is 5.95. The summed E-state index contributed by atoms with van der Waals surface area (Å²) >= 11 is 0. The molecule has 1 aliphatic heterocycles. The highest BCUT2D eigenvalue weighted by atomic mass is 16.5. The van der Waals surface area contributed by atoms with Crippen molar-refractivity contribution in [1.82, 2.24) is 4.90 Å². The maximum atomic E-state index is 5.95. The number of aryl methyl sites for hydroxylation is 1. The topological polar surface area (TPSA) is 12.5 Å². The van der Waals surface area contributed by atoms with E-state index in [0.29, 0.717) is 0 Å². The van der Waals surface area contributed by atoms with Gasteiger partial charge in [-0.1, -0.05) is 49.3 Å². The number of unbranched alkanes of at least 4 members (excludes halogenated alkanes) is 1. The van der Waals surface area contributed by atoms with Gasteiger partial charge < -0.3 is 4.74 Å². The van der Waals surface area contributed by atoms with E-state index in [1.54, 1.807) is 5.57 Å². The van der Waals surface area contributed by atoms with Gasteiger partial charge in [-0.2, -0.15) is 0 Å². The van der Waals surface area contributed by atoms with E-state index in [2.05, 4.69) is 48.3 Å². The molecule has 0 fully saturated rings. The Morgan fingerprint density at radius 1 is 1.27 bits per heavy atom. The van der Waals surface area contributed by atoms with E-state index < -0.39 is 0 Å². The molecule has 22 heavy (non-hydrogen) atoms. The van der Waals surface area contributed by atoms with Crippen LogP contribution in [0.4, 0.5) is 0 Å². The first-order valence-corrected chi connectivity index (χ1v) is 8.66. The first kappa shape index (κ1) is 15.4. The molecule has 0 unspecified atom stereocenters. The van der Waals surface area contributed by atoms with Crippen molar-refractivity contribution in [3.05, 3.63) is 53.1 Å². The highest BCUT2D eigenvalue weighted by molar-refractivity contribution is 5.38. The van der Waals surface area contributed by atoms with Crippen molar-refractivity contribution in [3.8, 4) is 5.75 Å². The zero-order chi connectivity index (χ0) is 15.2. The summed E-state index contributed by atoms with van der Waals surface area (Å²) in [6, 6.07) is 6.77. The molecule has 118 valence electrons. The first-order chi connectivity index (χ1) is 10.8. The number of ether oxygens (including phenoxy) is 1. The normalized spacial score (nSPS) is 18.3. The molecule has 3 rings (SSSR count). The Morgan fingerprint density at radius 3 is 3.05 bits per heavy atom. The van der Waals surface area contributed by atoms with Crippen molar-refractivity contribution in [2.24, 2.45) is 0 Å². The van der Waals surface area contributed by atoms with Gasteiger partial charge in [-0.3, -0.25) is 4.90 Å². The lowest BCUT2D eigenvalue weighted by Gasteiger charge is -2.22. The molecule has 0 spiro atoms. The number of hydrogen-bond donors (Lipinski definition) is 0. The highest BCUT2D eigenvalue weighted by Crippen LogP contribution is 2.26. The van der Waals surface area contributed by atoms with Gasteiger partial charge in [0.1, 0.15) is 12.4 Å². The highest BCUT2D eigenvalue weighted by Gasteiger charge is 2.17. The zero-order valence-electron chi connectivity index (χ0n) is 13.7. The Hall–Kier alpha value is -1.54. The van der Waals surface area contributed by atoms with E-state index in [0.717, 1.165) is 32.0 Å². The summed E-state index contributed by atoms with van der Waals surface area (Å²) in [5.74, 6) is 1.08. The fraction of sp³-hybridized carbons (Fsp3) is 0.500. The van der Waals surface area contributed by atoms with Gasteiger partial charge in [0.05, 0.1) is 0 Å². The summed E-state index contributed by atoms with van der Waals surface area (Å²) in [5, 5.41) is 0. The van der Waals surface area contributed by atoms with Gasteiger partial charge in [0.2, 0.25) is 0 Å². The van der Waals surface area contributed by atoms with Crippen LogP contribution < -0.4 is 4.74 Å². The van der Waals surface area contributed by atoms with Crippen molar-refractivity contribution < 1.29 is 4.74 Å². The minimum absolute atomic E-state index is 0.796. The summed E-state index contributed by atoms with van der Waals surface area (Å²) in [4.78, 5) is 2.53. The number of hydrogen-bond acceptors (Lipinski definition) is 2. The largest absolute Gasteiger partial charge is 0.492 e. The molecule has 0 saturated heterocycles. The van der Waals surface area contributed by atoms with E-state index in [9.17, 15) is 0 Å². The van der Waals surface area contributed by atoms with Gasteiger partial charge in [0.25, 0.3) is 0 Å². The average Bonchev–Trinajstić information content (AvgIpc) is 2.75. The Morgan fingerprint density at radius 2 is 2.23 bits per heavy atom. The smallest absolute Gasteiger partial charge is 0.123 e. The fourth-order valence-corrected chi connectivity index (χ4v) is 3.24. The maximum Gasteiger partial charge on any atom is 0.123 e. The van der Waals surface area contributed by atoms with Crippen molar-refractivity contribution in [2.75, 3.05) is 19.7 Å². The average molecular weight is 297 g/mol. The van der Waals surface area contributed by atoms with Gasteiger partial charge in [-0.15, -0.1) is 0 Å². The third kappa shape index (κ3) is 4.01. The van der Waals surface area contributed by atoms with Crippen LogP contribution in [-0.4, -0.2) is 24.6 Å². The molecule has 0 saturated carbocycles. The lowest BCUT2D eigenvalue weighted by molar-refractivity contribution is 0.238. The molecule has 1 aliphatic carbocycles. The van der Waals surface area contributed by atoms with Gasteiger partial charge in [-0.25, -0.2) is 0 Å². The van der Waals surface area contributed by atoms with E-state index in [1.807, 2.05) is 0 Å². The summed E-state index contributed by atoms with van der Waals surface area (Å²) in [5.41, 5.74) is 4.36. The molecule has 2 nitrogen and oxygen atoms in total. The van der Waals surface area contributed by atoms with Gasteiger partial charge in [0.15, 0.2) is 0 Å². The number of fused-ring (bicyclic) bond motifs is 1. The summed E-state index contributed by atoms with van der Waals surface area (Å²) in [7, 11) is 0. The lowest BCUT2D eigenvalue weighted by Crippen LogP contribution is -2.28.